The lowest BCUT2D eigenvalue weighted by atomic mass is 10.0. The van der Waals surface area contributed by atoms with Crippen LogP contribution in [0.3, 0.4) is 0 Å². The number of amides is 2. The Hall–Kier alpha value is -3.08. The number of carbonyl (C=O) groups is 2. The van der Waals surface area contributed by atoms with Crippen molar-refractivity contribution in [3.8, 4) is 0 Å². The maximum absolute atomic E-state index is 14.9. The maximum atomic E-state index is 14.9. The molecule has 2 aromatic rings. The Labute approximate surface area is 199 Å². The molecule has 2 aliphatic heterocycles. The molecule has 1 fully saturated rings. The summed E-state index contributed by atoms with van der Waals surface area (Å²) in [6.45, 7) is 5.05. The summed E-state index contributed by atoms with van der Waals surface area (Å²) in [4.78, 5) is 27.6. The normalized spacial score (nSPS) is 18.5. The molecule has 3 heterocycles. The zero-order chi connectivity index (χ0) is 24.5. The average Bonchev–Trinajstić information content (AvgIpc) is 3.40. The van der Waals surface area contributed by atoms with Gasteiger partial charge in [0.25, 0.3) is 0 Å². The Morgan fingerprint density at radius 1 is 1.32 bits per heavy atom. The summed E-state index contributed by atoms with van der Waals surface area (Å²) < 4.78 is 45.4. The number of anilines is 2. The van der Waals surface area contributed by atoms with E-state index in [4.69, 9.17) is 14.0 Å². The summed E-state index contributed by atoms with van der Waals surface area (Å²) in [6.07, 6.45) is 1.44. The highest BCUT2D eigenvalue weighted by atomic mass is 32.2. The molecular weight excluding hydrogens is 468 g/mol. The fourth-order valence-electron chi connectivity index (χ4n) is 3.73. The van der Waals surface area contributed by atoms with Gasteiger partial charge in [0.2, 0.25) is 0 Å². The summed E-state index contributed by atoms with van der Waals surface area (Å²) in [5.41, 5.74) is -0.152. The predicted molar refractivity (Wildman–Crippen MR) is 124 cm³/mol. The molecule has 11 heteroatoms. The molecule has 0 N–H and O–H groups in total. The van der Waals surface area contributed by atoms with Crippen molar-refractivity contribution in [3.05, 3.63) is 47.7 Å². The molecule has 1 atom stereocenters. The van der Waals surface area contributed by atoms with Gasteiger partial charge in [-0.2, -0.15) is 11.8 Å². The van der Waals surface area contributed by atoms with Gasteiger partial charge in [0.15, 0.2) is 5.82 Å². The van der Waals surface area contributed by atoms with Crippen LogP contribution in [0.15, 0.2) is 35.1 Å². The molecule has 0 saturated carbocycles. The van der Waals surface area contributed by atoms with Gasteiger partial charge in [0.1, 0.15) is 29.6 Å². The molecule has 1 aromatic carbocycles. The molecule has 0 bridgehead atoms. The van der Waals surface area contributed by atoms with Crippen LogP contribution >= 0.6 is 11.8 Å². The zero-order valence-electron chi connectivity index (χ0n) is 19.0. The molecule has 2 amide bonds. The second kappa shape index (κ2) is 9.65. The van der Waals surface area contributed by atoms with Crippen molar-refractivity contribution in [2.45, 2.75) is 38.9 Å². The molecule has 1 unspecified atom stereocenters. The van der Waals surface area contributed by atoms with Gasteiger partial charge in [-0.1, -0.05) is 11.2 Å². The standard InChI is InChI=1S/C23H25F2N3O5S/c1-23(2,3)33-22(30)28(19-4-7-31-26-19)13-16-12-27(21(29)32-16)15-10-17(24)20(18(25)11-15)14-5-8-34-9-6-14/h4-5,7,10-11,16H,6,8-9,12-13H2,1-3H3. The number of allylic oxidation sites excluding steroid dienone is 1. The van der Waals surface area contributed by atoms with Crippen LogP contribution in [-0.4, -0.2) is 53.6 Å². The number of rotatable bonds is 5. The molecule has 0 aliphatic carbocycles. The monoisotopic (exact) mass is 493 g/mol. The van der Waals surface area contributed by atoms with Crippen LogP contribution in [-0.2, 0) is 9.47 Å². The fourth-order valence-corrected chi connectivity index (χ4v) is 4.58. The number of hydrogen-bond acceptors (Lipinski definition) is 7. The van der Waals surface area contributed by atoms with E-state index in [0.29, 0.717) is 17.7 Å². The first-order chi connectivity index (χ1) is 16.1. The Morgan fingerprint density at radius 2 is 2.06 bits per heavy atom. The molecular formula is C23H25F2N3O5S. The first-order valence-corrected chi connectivity index (χ1v) is 11.9. The second-order valence-electron chi connectivity index (χ2n) is 8.90. The Bertz CT molecular complexity index is 1080. The molecule has 8 nitrogen and oxygen atoms in total. The molecule has 0 radical (unpaired) electrons. The van der Waals surface area contributed by atoms with E-state index in [0.717, 1.165) is 22.8 Å². The van der Waals surface area contributed by atoms with Gasteiger partial charge in [0, 0.05) is 17.4 Å². The minimum Gasteiger partial charge on any atom is -0.443 e. The topological polar surface area (TPSA) is 85.1 Å². The molecule has 34 heavy (non-hydrogen) atoms. The van der Waals surface area contributed by atoms with Crippen molar-refractivity contribution >= 4 is 41.0 Å². The third-order valence-corrected chi connectivity index (χ3v) is 6.09. The number of nitrogens with zero attached hydrogens (tertiary/aromatic N) is 3. The summed E-state index contributed by atoms with van der Waals surface area (Å²) in [5.74, 6) is 0.219. The Morgan fingerprint density at radius 3 is 2.65 bits per heavy atom. The summed E-state index contributed by atoms with van der Waals surface area (Å²) in [5, 5.41) is 3.77. The summed E-state index contributed by atoms with van der Waals surface area (Å²) in [7, 11) is 0. The highest BCUT2D eigenvalue weighted by Gasteiger charge is 2.37. The third kappa shape index (κ3) is 5.35. The minimum atomic E-state index is -0.791. The summed E-state index contributed by atoms with van der Waals surface area (Å²) >= 11 is 1.70. The van der Waals surface area contributed by atoms with Crippen LogP contribution in [0.4, 0.5) is 29.9 Å². The van der Waals surface area contributed by atoms with E-state index in [1.54, 1.807) is 32.5 Å². The van der Waals surface area contributed by atoms with E-state index in [9.17, 15) is 18.4 Å². The zero-order valence-corrected chi connectivity index (χ0v) is 19.9. The second-order valence-corrected chi connectivity index (χ2v) is 10.1. The molecule has 182 valence electrons. The quantitative estimate of drug-likeness (QED) is 0.563. The Kier molecular flexibility index (Phi) is 6.83. The molecule has 1 saturated heterocycles. The van der Waals surface area contributed by atoms with Crippen molar-refractivity contribution in [2.24, 2.45) is 0 Å². The minimum absolute atomic E-state index is 0.0203. The van der Waals surface area contributed by atoms with E-state index in [2.05, 4.69) is 5.16 Å². The van der Waals surface area contributed by atoms with Crippen LogP contribution in [0.2, 0.25) is 0 Å². The van der Waals surface area contributed by atoms with Crippen molar-refractivity contribution in [3.63, 3.8) is 0 Å². The van der Waals surface area contributed by atoms with E-state index >= 15 is 0 Å². The van der Waals surface area contributed by atoms with Crippen LogP contribution in [0.5, 0.6) is 0 Å². The average molecular weight is 494 g/mol. The SMILES string of the molecule is CC(C)(C)OC(=O)N(CC1CN(c2cc(F)c(C3=CCSCC3)c(F)c2)C(=O)O1)c1ccon1. The van der Waals surface area contributed by atoms with Crippen molar-refractivity contribution in [2.75, 3.05) is 34.4 Å². The number of carbonyl (C=O) groups excluding carboxylic acids is 2. The highest BCUT2D eigenvalue weighted by molar-refractivity contribution is 7.99. The van der Waals surface area contributed by atoms with Gasteiger partial charge >= 0.3 is 12.2 Å². The largest absolute Gasteiger partial charge is 0.443 e. The van der Waals surface area contributed by atoms with Crippen molar-refractivity contribution in [1.29, 1.82) is 0 Å². The number of benzene rings is 1. The predicted octanol–water partition coefficient (Wildman–Crippen LogP) is 5.24. The van der Waals surface area contributed by atoms with E-state index in [1.807, 2.05) is 6.08 Å². The van der Waals surface area contributed by atoms with Gasteiger partial charge in [-0.15, -0.1) is 0 Å². The van der Waals surface area contributed by atoms with Crippen LogP contribution in [0.25, 0.3) is 5.57 Å². The first kappa shape index (κ1) is 24.1. The lowest BCUT2D eigenvalue weighted by Crippen LogP contribution is -2.42. The van der Waals surface area contributed by atoms with E-state index < -0.39 is 35.5 Å². The number of thioether (sulfide) groups is 1. The van der Waals surface area contributed by atoms with Gasteiger partial charge in [-0.05, 0) is 50.7 Å². The first-order valence-electron chi connectivity index (χ1n) is 10.8. The lowest BCUT2D eigenvalue weighted by molar-refractivity contribution is 0.0556. The number of hydrogen-bond donors (Lipinski definition) is 0. The fraction of sp³-hybridized carbons (Fsp3) is 0.435. The number of cyclic esters (lactones) is 1. The molecule has 2 aliphatic rings. The smallest absolute Gasteiger partial charge is 0.416 e. The van der Waals surface area contributed by atoms with Crippen LogP contribution < -0.4 is 9.80 Å². The van der Waals surface area contributed by atoms with Crippen molar-refractivity contribution in [1.82, 2.24) is 5.16 Å². The van der Waals surface area contributed by atoms with Crippen LogP contribution in [0.1, 0.15) is 32.8 Å². The Balaban J connectivity index is 1.52. The maximum Gasteiger partial charge on any atom is 0.416 e. The molecule has 0 spiro atoms. The van der Waals surface area contributed by atoms with Crippen LogP contribution in [0, 0.1) is 11.6 Å². The van der Waals surface area contributed by atoms with E-state index in [1.165, 1.54) is 17.2 Å². The molecule has 1 aromatic heterocycles. The van der Waals surface area contributed by atoms with Crippen molar-refractivity contribution < 1.29 is 32.4 Å². The number of aromatic nitrogens is 1. The number of halogens is 2. The molecule has 4 rings (SSSR count). The lowest BCUT2D eigenvalue weighted by Gasteiger charge is -2.26. The van der Waals surface area contributed by atoms with Gasteiger partial charge in [-0.25, -0.2) is 18.4 Å². The highest BCUT2D eigenvalue weighted by Crippen LogP contribution is 2.33. The number of ether oxygens (including phenoxy) is 2. The summed E-state index contributed by atoms with van der Waals surface area (Å²) in [6, 6.07) is 3.74. The van der Waals surface area contributed by atoms with Gasteiger partial charge in [0.05, 0.1) is 18.8 Å². The van der Waals surface area contributed by atoms with Gasteiger partial charge < -0.3 is 14.0 Å². The van der Waals surface area contributed by atoms with E-state index in [-0.39, 0.29) is 30.2 Å². The van der Waals surface area contributed by atoms with Gasteiger partial charge in [-0.3, -0.25) is 9.80 Å². The third-order valence-electron chi connectivity index (χ3n) is 5.20.